The van der Waals surface area contributed by atoms with Gasteiger partial charge >= 0.3 is 6.03 Å². The van der Waals surface area contributed by atoms with Gasteiger partial charge in [0.25, 0.3) is 0 Å². The number of carbonyl (C=O) groups is 1. The first-order valence-corrected chi connectivity index (χ1v) is 7.68. The number of rotatable bonds is 6. The molecule has 6 heteroatoms. The number of nitrogens with one attached hydrogen (secondary N) is 2. The minimum Gasteiger partial charge on any atom is -0.338 e. The number of amides is 2. The third-order valence-corrected chi connectivity index (χ3v) is 3.79. The van der Waals surface area contributed by atoms with Crippen LogP contribution in [0.5, 0.6) is 0 Å². The molecule has 0 saturated heterocycles. The molecule has 0 saturated carbocycles. The lowest BCUT2D eigenvalue weighted by atomic mass is 10.3. The predicted molar refractivity (Wildman–Crippen MR) is 82.0 cm³/mol. The van der Waals surface area contributed by atoms with Crippen LogP contribution in [-0.4, -0.2) is 28.9 Å². The SMILES string of the molecule is CCCNC(=O)NCCn1nc(-c2cccs2)cc1C. The smallest absolute Gasteiger partial charge is 0.314 e. The summed E-state index contributed by atoms with van der Waals surface area (Å²) < 4.78 is 1.93. The summed E-state index contributed by atoms with van der Waals surface area (Å²) in [6.07, 6.45) is 0.940. The maximum Gasteiger partial charge on any atom is 0.314 e. The third kappa shape index (κ3) is 3.84. The summed E-state index contributed by atoms with van der Waals surface area (Å²) in [5.41, 5.74) is 2.09. The van der Waals surface area contributed by atoms with E-state index in [1.54, 1.807) is 11.3 Å². The molecule has 2 amide bonds. The predicted octanol–water partition coefficient (Wildman–Crippen LogP) is 2.63. The van der Waals surface area contributed by atoms with Crippen LogP contribution in [0.1, 0.15) is 19.0 Å². The molecule has 2 aromatic rings. The normalized spacial score (nSPS) is 10.5. The van der Waals surface area contributed by atoms with Gasteiger partial charge in [-0.2, -0.15) is 5.10 Å². The molecule has 2 rings (SSSR count). The zero-order valence-corrected chi connectivity index (χ0v) is 12.7. The lowest BCUT2D eigenvalue weighted by molar-refractivity contribution is 0.240. The summed E-state index contributed by atoms with van der Waals surface area (Å²) in [6, 6.07) is 6.04. The second kappa shape index (κ2) is 7.09. The molecule has 0 aliphatic heterocycles. The van der Waals surface area contributed by atoms with E-state index in [9.17, 15) is 4.79 Å². The number of hydrogen-bond acceptors (Lipinski definition) is 3. The van der Waals surface area contributed by atoms with Crippen molar-refractivity contribution in [2.45, 2.75) is 26.8 Å². The van der Waals surface area contributed by atoms with Crippen molar-refractivity contribution in [3.8, 4) is 10.6 Å². The quantitative estimate of drug-likeness (QED) is 0.860. The van der Waals surface area contributed by atoms with Gasteiger partial charge < -0.3 is 10.6 Å². The van der Waals surface area contributed by atoms with E-state index in [1.807, 2.05) is 30.0 Å². The van der Waals surface area contributed by atoms with Crippen LogP contribution in [0.25, 0.3) is 10.6 Å². The third-order valence-electron chi connectivity index (χ3n) is 2.90. The average Bonchev–Trinajstić information content (AvgIpc) is 3.06. The van der Waals surface area contributed by atoms with Crippen LogP contribution in [0.3, 0.4) is 0 Å². The molecule has 108 valence electrons. The number of urea groups is 1. The van der Waals surface area contributed by atoms with Gasteiger partial charge in [-0.1, -0.05) is 13.0 Å². The van der Waals surface area contributed by atoms with Gasteiger partial charge in [-0.15, -0.1) is 11.3 Å². The zero-order chi connectivity index (χ0) is 14.4. The van der Waals surface area contributed by atoms with E-state index in [0.29, 0.717) is 19.6 Å². The highest BCUT2D eigenvalue weighted by Crippen LogP contribution is 2.23. The number of carbonyl (C=O) groups excluding carboxylic acids is 1. The Bertz CT molecular complexity index is 548. The molecule has 2 aromatic heterocycles. The highest BCUT2D eigenvalue weighted by atomic mass is 32.1. The van der Waals surface area contributed by atoms with E-state index < -0.39 is 0 Å². The molecular formula is C14H20N4OS. The Morgan fingerprint density at radius 2 is 2.20 bits per heavy atom. The summed E-state index contributed by atoms with van der Waals surface area (Å²) in [4.78, 5) is 12.6. The maximum atomic E-state index is 11.4. The average molecular weight is 292 g/mol. The fourth-order valence-electron chi connectivity index (χ4n) is 1.86. The van der Waals surface area contributed by atoms with Crippen molar-refractivity contribution in [2.24, 2.45) is 0 Å². The summed E-state index contributed by atoms with van der Waals surface area (Å²) in [5, 5.41) is 12.2. The molecule has 2 N–H and O–H groups in total. The fourth-order valence-corrected chi connectivity index (χ4v) is 2.54. The van der Waals surface area contributed by atoms with Gasteiger partial charge in [0.1, 0.15) is 5.69 Å². The van der Waals surface area contributed by atoms with Crippen molar-refractivity contribution in [1.29, 1.82) is 0 Å². The Hall–Kier alpha value is -1.82. The lowest BCUT2D eigenvalue weighted by Crippen LogP contribution is -2.37. The Morgan fingerprint density at radius 3 is 2.90 bits per heavy atom. The molecule has 0 spiro atoms. The minimum atomic E-state index is -0.116. The summed E-state index contributed by atoms with van der Waals surface area (Å²) in [6.45, 7) is 6.01. The first-order chi connectivity index (χ1) is 9.70. The first-order valence-electron chi connectivity index (χ1n) is 6.80. The molecule has 20 heavy (non-hydrogen) atoms. The molecule has 0 bridgehead atoms. The summed E-state index contributed by atoms with van der Waals surface area (Å²) in [5.74, 6) is 0. The molecule has 0 aliphatic carbocycles. The number of nitrogens with zero attached hydrogens (tertiary/aromatic N) is 2. The van der Waals surface area contributed by atoms with Gasteiger partial charge in [-0.25, -0.2) is 4.79 Å². The van der Waals surface area contributed by atoms with Crippen LogP contribution < -0.4 is 10.6 Å². The van der Waals surface area contributed by atoms with Crippen LogP contribution in [0.2, 0.25) is 0 Å². The Balaban J connectivity index is 1.86. The standard InChI is InChI=1S/C14H20N4OS/c1-3-6-15-14(19)16-7-8-18-11(2)10-12(17-18)13-5-4-9-20-13/h4-5,9-10H,3,6-8H2,1-2H3,(H2,15,16,19). The van der Waals surface area contributed by atoms with Crippen molar-refractivity contribution in [1.82, 2.24) is 20.4 Å². The zero-order valence-electron chi connectivity index (χ0n) is 11.8. The minimum absolute atomic E-state index is 0.116. The number of aromatic nitrogens is 2. The van der Waals surface area contributed by atoms with E-state index >= 15 is 0 Å². The number of hydrogen-bond donors (Lipinski definition) is 2. The van der Waals surface area contributed by atoms with Crippen LogP contribution in [0, 0.1) is 6.92 Å². The van der Waals surface area contributed by atoms with Crippen LogP contribution >= 0.6 is 11.3 Å². The van der Waals surface area contributed by atoms with Gasteiger partial charge in [0, 0.05) is 18.8 Å². The van der Waals surface area contributed by atoms with Gasteiger partial charge in [0.15, 0.2) is 0 Å². The van der Waals surface area contributed by atoms with Crippen LogP contribution in [0.4, 0.5) is 4.79 Å². The highest BCUT2D eigenvalue weighted by molar-refractivity contribution is 7.13. The molecular weight excluding hydrogens is 272 g/mol. The molecule has 0 atom stereocenters. The monoisotopic (exact) mass is 292 g/mol. The second-order valence-corrected chi connectivity index (χ2v) is 5.50. The molecule has 0 aliphatic rings. The first kappa shape index (κ1) is 14.6. The topological polar surface area (TPSA) is 59.0 Å². The van der Waals surface area contributed by atoms with Gasteiger partial charge in [-0.3, -0.25) is 4.68 Å². The summed E-state index contributed by atoms with van der Waals surface area (Å²) in [7, 11) is 0. The lowest BCUT2D eigenvalue weighted by Gasteiger charge is -2.07. The van der Waals surface area contributed by atoms with Crippen molar-refractivity contribution in [2.75, 3.05) is 13.1 Å². The summed E-state index contributed by atoms with van der Waals surface area (Å²) >= 11 is 1.68. The van der Waals surface area contributed by atoms with Gasteiger partial charge in [0.05, 0.1) is 11.4 Å². The molecule has 0 radical (unpaired) electrons. The van der Waals surface area contributed by atoms with Crippen LogP contribution in [0.15, 0.2) is 23.6 Å². The van der Waals surface area contributed by atoms with E-state index in [-0.39, 0.29) is 6.03 Å². The molecule has 0 unspecified atom stereocenters. The molecule has 5 nitrogen and oxygen atoms in total. The second-order valence-electron chi connectivity index (χ2n) is 4.55. The highest BCUT2D eigenvalue weighted by Gasteiger charge is 2.07. The van der Waals surface area contributed by atoms with E-state index in [2.05, 4.69) is 27.9 Å². The fraction of sp³-hybridized carbons (Fsp3) is 0.429. The van der Waals surface area contributed by atoms with E-state index in [0.717, 1.165) is 17.8 Å². The van der Waals surface area contributed by atoms with Crippen molar-refractivity contribution in [3.05, 3.63) is 29.3 Å². The van der Waals surface area contributed by atoms with E-state index in [4.69, 9.17) is 0 Å². The molecule has 0 fully saturated rings. The van der Waals surface area contributed by atoms with Crippen molar-refractivity contribution in [3.63, 3.8) is 0 Å². The van der Waals surface area contributed by atoms with Crippen LogP contribution in [-0.2, 0) is 6.54 Å². The van der Waals surface area contributed by atoms with Crippen molar-refractivity contribution < 1.29 is 4.79 Å². The molecule has 2 heterocycles. The van der Waals surface area contributed by atoms with Gasteiger partial charge in [-0.05, 0) is 30.9 Å². The van der Waals surface area contributed by atoms with Gasteiger partial charge in [0.2, 0.25) is 0 Å². The number of thiophene rings is 1. The molecule has 0 aromatic carbocycles. The van der Waals surface area contributed by atoms with Crippen molar-refractivity contribution >= 4 is 17.4 Å². The number of aryl methyl sites for hydroxylation is 1. The van der Waals surface area contributed by atoms with E-state index in [1.165, 1.54) is 4.88 Å². The Kier molecular flexibility index (Phi) is 5.17. The Morgan fingerprint density at radius 1 is 1.40 bits per heavy atom. The maximum absolute atomic E-state index is 11.4. The largest absolute Gasteiger partial charge is 0.338 e. The Labute approximate surface area is 123 Å².